The number of primary amides is 1. The molecule has 1 aromatic carbocycles. The van der Waals surface area contributed by atoms with Crippen molar-refractivity contribution in [1.29, 1.82) is 0 Å². The van der Waals surface area contributed by atoms with Crippen LogP contribution in [-0.4, -0.2) is 18.9 Å². The third-order valence-electron chi connectivity index (χ3n) is 2.49. The number of hydrogen-bond donors (Lipinski definition) is 2. The van der Waals surface area contributed by atoms with Gasteiger partial charge in [-0.3, -0.25) is 9.35 Å². The summed E-state index contributed by atoms with van der Waals surface area (Å²) < 4.78 is 29.0. The summed E-state index contributed by atoms with van der Waals surface area (Å²) in [6, 6.07) is 6.41. The van der Waals surface area contributed by atoms with Gasteiger partial charge in [0.15, 0.2) is 0 Å². The van der Waals surface area contributed by atoms with Crippen molar-refractivity contribution in [3.63, 3.8) is 0 Å². The van der Waals surface area contributed by atoms with Gasteiger partial charge in [0.1, 0.15) is 0 Å². The molecule has 124 valence electrons. The molecule has 9 heteroatoms. The van der Waals surface area contributed by atoms with E-state index in [2.05, 4.69) is 0 Å². The molecule has 0 radical (unpaired) electrons. The summed E-state index contributed by atoms with van der Waals surface area (Å²) in [7, 11) is -3.99. The van der Waals surface area contributed by atoms with E-state index in [1.165, 1.54) is 29.5 Å². The molecule has 0 spiro atoms. The van der Waals surface area contributed by atoms with E-state index >= 15 is 0 Å². The largest absolute Gasteiger partial charge is 0.366 e. The number of benzene rings is 1. The van der Waals surface area contributed by atoms with Gasteiger partial charge in [-0.2, -0.15) is 8.42 Å². The zero-order chi connectivity index (χ0) is 17.6. The van der Waals surface area contributed by atoms with Crippen molar-refractivity contribution < 1.29 is 17.8 Å². The van der Waals surface area contributed by atoms with E-state index in [4.69, 9.17) is 33.5 Å². The smallest absolute Gasteiger partial charge is 0.287 e. The minimum Gasteiger partial charge on any atom is -0.366 e. The molecule has 0 aliphatic rings. The van der Waals surface area contributed by atoms with Gasteiger partial charge in [0, 0.05) is 9.90 Å². The Bertz CT molecular complexity index is 829. The van der Waals surface area contributed by atoms with Gasteiger partial charge in [0.05, 0.1) is 16.0 Å². The number of aryl methyl sites for hydroxylation is 1. The minimum absolute atomic E-state index is 0.282. The van der Waals surface area contributed by atoms with Crippen molar-refractivity contribution in [3.8, 4) is 0 Å². The third-order valence-corrected chi connectivity index (χ3v) is 4.50. The Kier molecular flexibility index (Phi) is 7.24. The summed E-state index contributed by atoms with van der Waals surface area (Å²) in [6.07, 6.45) is 1.38. The predicted octanol–water partition coefficient (Wildman–Crippen LogP) is 4.01. The van der Waals surface area contributed by atoms with Crippen LogP contribution in [0.5, 0.6) is 0 Å². The molecule has 1 heterocycles. The standard InChI is InChI=1S/C7H5Cl2NO.C7H8O3S2/c8-4-1-2-5(7(10)11)6(9)3-4;1-6-2-4-11-7(6)3-5-12(8,9)10/h1-3H,(H2,10,11);2-5H,1H3,(H,8,9,10)/b;5-3+. The van der Waals surface area contributed by atoms with Crippen LogP contribution in [0.4, 0.5) is 0 Å². The van der Waals surface area contributed by atoms with Crippen molar-refractivity contribution in [2.75, 3.05) is 0 Å². The minimum atomic E-state index is -3.99. The number of amides is 1. The SMILES string of the molecule is Cc1ccsc1/C=C/S(=O)(=O)O.NC(=O)c1ccc(Cl)cc1Cl. The van der Waals surface area contributed by atoms with Gasteiger partial charge in [-0.05, 0) is 48.2 Å². The Morgan fingerprint density at radius 3 is 2.39 bits per heavy atom. The summed E-state index contributed by atoms with van der Waals surface area (Å²) >= 11 is 12.7. The second-order valence-electron chi connectivity index (χ2n) is 4.27. The topological polar surface area (TPSA) is 97.5 Å². The Labute approximate surface area is 148 Å². The molecule has 0 atom stereocenters. The van der Waals surface area contributed by atoms with Crippen LogP contribution < -0.4 is 5.73 Å². The van der Waals surface area contributed by atoms with E-state index in [0.29, 0.717) is 5.02 Å². The van der Waals surface area contributed by atoms with Crippen molar-refractivity contribution in [2.45, 2.75) is 6.92 Å². The van der Waals surface area contributed by atoms with Crippen LogP contribution in [-0.2, 0) is 10.1 Å². The van der Waals surface area contributed by atoms with Crippen molar-refractivity contribution >= 4 is 56.6 Å². The first-order valence-electron chi connectivity index (χ1n) is 6.04. The number of rotatable bonds is 3. The van der Waals surface area contributed by atoms with Gasteiger partial charge in [-0.25, -0.2) is 0 Å². The average molecular weight is 394 g/mol. The molecule has 1 amide bonds. The number of carbonyl (C=O) groups excluding carboxylic acids is 1. The lowest BCUT2D eigenvalue weighted by Gasteiger charge is -1.97. The van der Waals surface area contributed by atoms with Crippen LogP contribution in [0.2, 0.25) is 10.0 Å². The van der Waals surface area contributed by atoms with Crippen LogP contribution in [0.25, 0.3) is 6.08 Å². The molecule has 0 bridgehead atoms. The lowest BCUT2D eigenvalue weighted by Crippen LogP contribution is -2.11. The number of thiophene rings is 1. The van der Waals surface area contributed by atoms with Crippen molar-refractivity contribution in [1.82, 2.24) is 0 Å². The number of hydrogen-bond acceptors (Lipinski definition) is 4. The molecule has 0 fully saturated rings. The maximum Gasteiger partial charge on any atom is 0.287 e. The fourth-order valence-corrected chi connectivity index (χ4v) is 3.11. The molecular formula is C14H13Cl2NO4S2. The van der Waals surface area contributed by atoms with E-state index in [1.54, 1.807) is 6.07 Å². The molecule has 0 aliphatic carbocycles. The monoisotopic (exact) mass is 393 g/mol. The van der Waals surface area contributed by atoms with Gasteiger partial charge in [0.2, 0.25) is 5.91 Å². The van der Waals surface area contributed by atoms with E-state index in [1.807, 2.05) is 18.4 Å². The molecular weight excluding hydrogens is 381 g/mol. The molecule has 3 N–H and O–H groups in total. The maximum atomic E-state index is 10.6. The summed E-state index contributed by atoms with van der Waals surface area (Å²) in [5, 5.41) is 3.41. The Hall–Kier alpha value is -1.38. The van der Waals surface area contributed by atoms with Crippen LogP contribution in [0.15, 0.2) is 35.1 Å². The molecule has 0 saturated carbocycles. The number of carbonyl (C=O) groups is 1. The average Bonchev–Trinajstić information content (AvgIpc) is 2.81. The Morgan fingerprint density at radius 1 is 1.30 bits per heavy atom. The Balaban J connectivity index is 0.000000231. The fraction of sp³-hybridized carbons (Fsp3) is 0.0714. The highest BCUT2D eigenvalue weighted by molar-refractivity contribution is 7.88. The quantitative estimate of drug-likeness (QED) is 0.769. The fourth-order valence-electron chi connectivity index (χ4n) is 1.39. The highest BCUT2D eigenvalue weighted by atomic mass is 35.5. The first-order chi connectivity index (χ1) is 10.6. The van der Waals surface area contributed by atoms with Crippen LogP contribution in [0, 0.1) is 6.92 Å². The molecule has 2 aromatic rings. The van der Waals surface area contributed by atoms with Crippen LogP contribution in [0.1, 0.15) is 20.8 Å². The zero-order valence-corrected chi connectivity index (χ0v) is 15.0. The van der Waals surface area contributed by atoms with Crippen LogP contribution in [0.3, 0.4) is 0 Å². The summed E-state index contributed by atoms with van der Waals surface area (Å²) in [6.45, 7) is 1.88. The molecule has 0 unspecified atom stereocenters. The zero-order valence-electron chi connectivity index (χ0n) is 11.9. The van der Waals surface area contributed by atoms with E-state index in [9.17, 15) is 13.2 Å². The van der Waals surface area contributed by atoms with Crippen LogP contribution >= 0.6 is 34.5 Å². The first kappa shape index (κ1) is 19.7. The molecule has 1 aromatic heterocycles. The lowest BCUT2D eigenvalue weighted by molar-refractivity contribution is 0.100. The van der Waals surface area contributed by atoms with E-state index < -0.39 is 16.0 Å². The second-order valence-corrected chi connectivity index (χ2v) is 7.37. The van der Waals surface area contributed by atoms with Gasteiger partial charge >= 0.3 is 0 Å². The molecule has 0 saturated heterocycles. The van der Waals surface area contributed by atoms with E-state index in [0.717, 1.165) is 15.8 Å². The lowest BCUT2D eigenvalue weighted by atomic mass is 10.2. The Morgan fingerprint density at radius 2 is 1.96 bits per heavy atom. The predicted molar refractivity (Wildman–Crippen MR) is 94.6 cm³/mol. The maximum absolute atomic E-state index is 10.6. The third kappa shape index (κ3) is 7.15. The molecule has 5 nitrogen and oxygen atoms in total. The van der Waals surface area contributed by atoms with Gasteiger partial charge in [-0.15, -0.1) is 11.3 Å². The van der Waals surface area contributed by atoms with Gasteiger partial charge in [0.25, 0.3) is 10.1 Å². The molecule has 0 aliphatic heterocycles. The summed E-state index contributed by atoms with van der Waals surface area (Å²) in [5.41, 5.74) is 6.29. The molecule has 2 rings (SSSR count). The first-order valence-corrected chi connectivity index (χ1v) is 9.18. The second kappa shape index (κ2) is 8.47. The summed E-state index contributed by atoms with van der Waals surface area (Å²) in [4.78, 5) is 11.5. The van der Waals surface area contributed by atoms with Gasteiger partial charge < -0.3 is 5.73 Å². The number of nitrogens with two attached hydrogens (primary N) is 1. The van der Waals surface area contributed by atoms with Crippen molar-refractivity contribution in [3.05, 3.63) is 61.1 Å². The van der Waals surface area contributed by atoms with E-state index in [-0.39, 0.29) is 10.6 Å². The highest BCUT2D eigenvalue weighted by Crippen LogP contribution is 2.20. The summed E-state index contributed by atoms with van der Waals surface area (Å²) in [5.74, 6) is -0.549. The normalized spacial score (nSPS) is 11.1. The van der Waals surface area contributed by atoms with Crippen molar-refractivity contribution in [2.24, 2.45) is 5.73 Å². The number of halogens is 2. The highest BCUT2D eigenvalue weighted by Gasteiger charge is 2.05. The molecule has 23 heavy (non-hydrogen) atoms. The van der Waals surface area contributed by atoms with Gasteiger partial charge in [-0.1, -0.05) is 23.2 Å².